The first-order valence-corrected chi connectivity index (χ1v) is 6.44. The minimum atomic E-state index is 0.409. The lowest BCUT2D eigenvalue weighted by Gasteiger charge is -2.22. The minimum absolute atomic E-state index is 0.409. The van der Waals surface area contributed by atoms with Crippen molar-refractivity contribution in [2.75, 3.05) is 38.7 Å². The number of nitrogens with zero attached hydrogens (tertiary/aromatic N) is 2. The van der Waals surface area contributed by atoms with Crippen LogP contribution in [0.1, 0.15) is 12.8 Å². The fourth-order valence-corrected chi connectivity index (χ4v) is 2.09. The fraction of sp³-hybridized carbons (Fsp3) is 0.750. The standard InChI is InChI=1S/C12H22N4O2/c1-16-12(17-2)9-11(15-16)14-7-8-18-10-3-5-13-6-4-10/h9-10,13H,3-8H2,1-2H3,(H,14,15). The summed E-state index contributed by atoms with van der Waals surface area (Å²) in [6, 6.07) is 1.88. The number of anilines is 1. The Bertz CT molecular complexity index is 361. The molecule has 0 aliphatic carbocycles. The highest BCUT2D eigenvalue weighted by atomic mass is 16.5. The summed E-state index contributed by atoms with van der Waals surface area (Å²) in [6.07, 6.45) is 2.63. The smallest absolute Gasteiger partial charge is 0.213 e. The van der Waals surface area contributed by atoms with Gasteiger partial charge in [-0.3, -0.25) is 0 Å². The van der Waals surface area contributed by atoms with Gasteiger partial charge in [-0.05, 0) is 25.9 Å². The molecule has 0 atom stereocenters. The highest BCUT2D eigenvalue weighted by Gasteiger charge is 2.12. The molecule has 1 saturated heterocycles. The highest BCUT2D eigenvalue weighted by molar-refractivity contribution is 5.38. The third-order valence-corrected chi connectivity index (χ3v) is 3.09. The molecule has 6 heteroatoms. The van der Waals surface area contributed by atoms with Crippen LogP contribution in [0.3, 0.4) is 0 Å². The SMILES string of the molecule is COc1cc(NCCOC2CCNCC2)nn1C. The molecule has 0 spiro atoms. The predicted molar refractivity (Wildman–Crippen MR) is 70.1 cm³/mol. The average molecular weight is 254 g/mol. The molecule has 0 saturated carbocycles. The maximum absolute atomic E-state index is 5.80. The van der Waals surface area contributed by atoms with Crippen molar-refractivity contribution < 1.29 is 9.47 Å². The van der Waals surface area contributed by atoms with E-state index in [0.29, 0.717) is 12.7 Å². The van der Waals surface area contributed by atoms with Gasteiger partial charge < -0.3 is 20.1 Å². The molecule has 2 rings (SSSR count). The van der Waals surface area contributed by atoms with Crippen LogP contribution in [0.25, 0.3) is 0 Å². The van der Waals surface area contributed by atoms with Crippen LogP contribution in [0, 0.1) is 0 Å². The number of rotatable bonds is 6. The molecule has 0 aromatic carbocycles. The highest BCUT2D eigenvalue weighted by Crippen LogP contribution is 2.14. The first kappa shape index (κ1) is 13.2. The van der Waals surface area contributed by atoms with Crippen LogP contribution in [0.2, 0.25) is 0 Å². The number of aryl methyl sites for hydroxylation is 1. The molecule has 1 aliphatic rings. The molecule has 1 aromatic rings. The first-order chi connectivity index (χ1) is 8.79. The Labute approximate surface area is 108 Å². The molecule has 0 unspecified atom stereocenters. The Kier molecular flexibility index (Phi) is 4.83. The van der Waals surface area contributed by atoms with Gasteiger partial charge in [0.15, 0.2) is 5.82 Å². The van der Waals surface area contributed by atoms with Gasteiger partial charge >= 0.3 is 0 Å². The number of piperidine rings is 1. The second kappa shape index (κ2) is 6.61. The van der Waals surface area contributed by atoms with Gasteiger partial charge in [0.1, 0.15) is 0 Å². The molecule has 18 heavy (non-hydrogen) atoms. The molecular weight excluding hydrogens is 232 g/mol. The Balaban J connectivity index is 1.65. The van der Waals surface area contributed by atoms with E-state index in [9.17, 15) is 0 Å². The molecule has 0 radical (unpaired) electrons. The zero-order chi connectivity index (χ0) is 12.8. The second-order valence-corrected chi connectivity index (χ2v) is 4.44. The Hall–Kier alpha value is -1.27. The van der Waals surface area contributed by atoms with Gasteiger partial charge in [-0.15, -0.1) is 0 Å². The van der Waals surface area contributed by atoms with Crippen LogP contribution >= 0.6 is 0 Å². The van der Waals surface area contributed by atoms with Gasteiger partial charge in [0, 0.05) is 19.7 Å². The Morgan fingerprint density at radius 2 is 2.28 bits per heavy atom. The summed E-state index contributed by atoms with van der Waals surface area (Å²) in [7, 11) is 3.50. The van der Waals surface area contributed by atoms with Crippen molar-refractivity contribution in [3.05, 3.63) is 6.07 Å². The molecule has 1 aliphatic heterocycles. The van der Waals surface area contributed by atoms with E-state index < -0.39 is 0 Å². The van der Waals surface area contributed by atoms with Crippen LogP contribution in [-0.4, -0.2) is 49.2 Å². The maximum atomic E-state index is 5.80. The zero-order valence-electron chi connectivity index (χ0n) is 11.1. The number of aromatic nitrogens is 2. The van der Waals surface area contributed by atoms with Crippen molar-refractivity contribution in [1.82, 2.24) is 15.1 Å². The number of nitrogens with one attached hydrogen (secondary N) is 2. The average Bonchev–Trinajstić information content (AvgIpc) is 2.76. The predicted octanol–water partition coefficient (Wildman–Crippen LogP) is 0.609. The molecule has 0 amide bonds. The molecule has 0 bridgehead atoms. The summed E-state index contributed by atoms with van der Waals surface area (Å²) in [4.78, 5) is 0. The molecular formula is C12H22N4O2. The van der Waals surface area contributed by atoms with Gasteiger partial charge in [-0.25, -0.2) is 4.68 Å². The fourth-order valence-electron chi connectivity index (χ4n) is 2.09. The third kappa shape index (κ3) is 3.61. The van der Waals surface area contributed by atoms with E-state index in [1.54, 1.807) is 11.8 Å². The van der Waals surface area contributed by atoms with E-state index >= 15 is 0 Å². The van der Waals surface area contributed by atoms with Crippen LogP contribution in [0.4, 0.5) is 5.82 Å². The molecule has 102 valence electrons. The van der Waals surface area contributed by atoms with Crippen molar-refractivity contribution in [2.45, 2.75) is 18.9 Å². The summed E-state index contributed by atoms with van der Waals surface area (Å²) in [6.45, 7) is 3.61. The van der Waals surface area contributed by atoms with E-state index in [0.717, 1.165) is 44.2 Å². The van der Waals surface area contributed by atoms with Gasteiger partial charge in [0.05, 0.1) is 19.8 Å². The van der Waals surface area contributed by atoms with Crippen LogP contribution in [0.5, 0.6) is 5.88 Å². The van der Waals surface area contributed by atoms with Gasteiger partial charge in [-0.1, -0.05) is 0 Å². The summed E-state index contributed by atoms with van der Waals surface area (Å²) < 4.78 is 12.7. The van der Waals surface area contributed by atoms with E-state index in [2.05, 4.69) is 15.7 Å². The van der Waals surface area contributed by atoms with Gasteiger partial charge in [-0.2, -0.15) is 5.10 Å². The molecule has 2 heterocycles. The third-order valence-electron chi connectivity index (χ3n) is 3.09. The molecule has 1 aromatic heterocycles. The topological polar surface area (TPSA) is 60.3 Å². The zero-order valence-corrected chi connectivity index (χ0v) is 11.1. The largest absolute Gasteiger partial charge is 0.481 e. The number of hydrogen-bond donors (Lipinski definition) is 2. The number of methoxy groups -OCH3 is 1. The van der Waals surface area contributed by atoms with Crippen molar-refractivity contribution in [3.8, 4) is 5.88 Å². The lowest BCUT2D eigenvalue weighted by molar-refractivity contribution is 0.0394. The van der Waals surface area contributed by atoms with E-state index in [1.807, 2.05) is 13.1 Å². The van der Waals surface area contributed by atoms with Gasteiger partial charge in [0.2, 0.25) is 5.88 Å². The van der Waals surface area contributed by atoms with Crippen molar-refractivity contribution in [2.24, 2.45) is 7.05 Å². The van der Waals surface area contributed by atoms with E-state index in [1.165, 1.54) is 0 Å². The monoisotopic (exact) mass is 254 g/mol. The first-order valence-electron chi connectivity index (χ1n) is 6.44. The lowest BCUT2D eigenvalue weighted by atomic mass is 10.1. The van der Waals surface area contributed by atoms with Crippen LogP contribution in [-0.2, 0) is 11.8 Å². The van der Waals surface area contributed by atoms with Gasteiger partial charge in [0.25, 0.3) is 0 Å². The Morgan fingerprint density at radius 1 is 1.50 bits per heavy atom. The normalized spacial score (nSPS) is 16.8. The van der Waals surface area contributed by atoms with E-state index in [4.69, 9.17) is 9.47 Å². The maximum Gasteiger partial charge on any atom is 0.213 e. The lowest BCUT2D eigenvalue weighted by Crippen LogP contribution is -2.33. The van der Waals surface area contributed by atoms with Crippen molar-refractivity contribution >= 4 is 5.82 Å². The summed E-state index contributed by atoms with van der Waals surface area (Å²) in [5, 5.41) is 10.8. The Morgan fingerprint density at radius 3 is 2.94 bits per heavy atom. The summed E-state index contributed by atoms with van der Waals surface area (Å²) in [5.74, 6) is 1.57. The minimum Gasteiger partial charge on any atom is -0.481 e. The number of hydrogen-bond acceptors (Lipinski definition) is 5. The van der Waals surface area contributed by atoms with Crippen molar-refractivity contribution in [3.63, 3.8) is 0 Å². The molecule has 6 nitrogen and oxygen atoms in total. The molecule has 1 fully saturated rings. The quantitative estimate of drug-likeness (QED) is 0.728. The second-order valence-electron chi connectivity index (χ2n) is 4.44. The summed E-state index contributed by atoms with van der Waals surface area (Å²) >= 11 is 0. The van der Waals surface area contributed by atoms with Crippen molar-refractivity contribution in [1.29, 1.82) is 0 Å². The number of ether oxygens (including phenoxy) is 2. The summed E-state index contributed by atoms with van der Waals surface area (Å²) in [5.41, 5.74) is 0. The molecule has 2 N–H and O–H groups in total. The van der Waals surface area contributed by atoms with E-state index in [-0.39, 0.29) is 0 Å². The van der Waals surface area contributed by atoms with Crippen LogP contribution < -0.4 is 15.4 Å². The van der Waals surface area contributed by atoms with Crippen LogP contribution in [0.15, 0.2) is 6.07 Å².